The van der Waals surface area contributed by atoms with Crippen molar-refractivity contribution in [2.45, 2.75) is 40.5 Å². The molecular formula is C20H29NO4. The number of carbonyl (C=O) groups excluding carboxylic acids is 2. The number of benzene rings is 1. The van der Waals surface area contributed by atoms with E-state index in [4.69, 9.17) is 9.47 Å². The number of rotatable bonds is 9. The molecular weight excluding hydrogens is 318 g/mol. The Morgan fingerprint density at radius 1 is 1.24 bits per heavy atom. The lowest BCUT2D eigenvalue weighted by molar-refractivity contribution is -0.153. The van der Waals surface area contributed by atoms with Crippen LogP contribution in [0.1, 0.15) is 44.7 Å². The molecule has 0 aliphatic carbocycles. The minimum absolute atomic E-state index is 0.222. The molecule has 0 saturated carbocycles. The standard InChI is InChI=1S/C20H29NO4/c1-7-21(11-14(2)3)19(22)12-25-20(23)13-24-17-8-9-18(15(4)5)16(6)10-17/h8-10,15H,2,7,11-13H2,1,3-6H3. The third-order valence-electron chi connectivity index (χ3n) is 3.77. The van der Waals surface area contributed by atoms with Crippen LogP contribution in [0.2, 0.25) is 0 Å². The largest absolute Gasteiger partial charge is 0.482 e. The molecule has 0 atom stereocenters. The number of hydrogen-bond donors (Lipinski definition) is 0. The summed E-state index contributed by atoms with van der Waals surface area (Å²) in [6.45, 7) is 14.3. The van der Waals surface area contributed by atoms with Gasteiger partial charge in [-0.2, -0.15) is 0 Å². The van der Waals surface area contributed by atoms with Crippen molar-refractivity contribution in [1.29, 1.82) is 0 Å². The van der Waals surface area contributed by atoms with Crippen LogP contribution in [-0.4, -0.2) is 43.1 Å². The summed E-state index contributed by atoms with van der Waals surface area (Å²) in [5.41, 5.74) is 3.25. The number of ether oxygens (including phenoxy) is 2. The lowest BCUT2D eigenvalue weighted by atomic mass is 9.98. The van der Waals surface area contributed by atoms with Crippen molar-refractivity contribution in [2.24, 2.45) is 0 Å². The first-order valence-corrected chi connectivity index (χ1v) is 8.55. The average molecular weight is 347 g/mol. The third kappa shape index (κ3) is 6.99. The first kappa shape index (κ1) is 20.7. The second-order valence-electron chi connectivity index (χ2n) is 6.49. The van der Waals surface area contributed by atoms with Crippen LogP contribution in [0.5, 0.6) is 5.75 Å². The smallest absolute Gasteiger partial charge is 0.344 e. The number of amides is 1. The molecule has 1 aromatic rings. The van der Waals surface area contributed by atoms with E-state index in [1.807, 2.05) is 39.0 Å². The second kappa shape index (κ2) is 9.87. The van der Waals surface area contributed by atoms with E-state index in [-0.39, 0.29) is 19.1 Å². The van der Waals surface area contributed by atoms with Crippen LogP contribution >= 0.6 is 0 Å². The van der Waals surface area contributed by atoms with Gasteiger partial charge in [-0.1, -0.05) is 32.1 Å². The number of esters is 1. The Bertz CT molecular complexity index is 622. The molecule has 0 aliphatic rings. The molecule has 0 heterocycles. The van der Waals surface area contributed by atoms with Gasteiger partial charge in [0.25, 0.3) is 5.91 Å². The minimum Gasteiger partial charge on any atom is -0.482 e. The molecule has 0 bridgehead atoms. The molecule has 5 heteroatoms. The highest BCUT2D eigenvalue weighted by Crippen LogP contribution is 2.23. The second-order valence-corrected chi connectivity index (χ2v) is 6.49. The fraction of sp³-hybridized carbons (Fsp3) is 0.500. The van der Waals surface area contributed by atoms with Crippen LogP contribution < -0.4 is 4.74 Å². The third-order valence-corrected chi connectivity index (χ3v) is 3.77. The van der Waals surface area contributed by atoms with Gasteiger partial charge in [-0.15, -0.1) is 0 Å². The Labute approximate surface area is 150 Å². The highest BCUT2D eigenvalue weighted by molar-refractivity contribution is 5.81. The van der Waals surface area contributed by atoms with Gasteiger partial charge in [0.1, 0.15) is 5.75 Å². The molecule has 0 spiro atoms. The van der Waals surface area contributed by atoms with Crippen molar-refractivity contribution < 1.29 is 19.1 Å². The van der Waals surface area contributed by atoms with Crippen LogP contribution in [0.4, 0.5) is 0 Å². The monoisotopic (exact) mass is 347 g/mol. The summed E-state index contributed by atoms with van der Waals surface area (Å²) in [4.78, 5) is 25.4. The molecule has 0 radical (unpaired) electrons. The molecule has 1 rings (SSSR count). The number of hydrogen-bond acceptors (Lipinski definition) is 4. The van der Waals surface area contributed by atoms with Gasteiger partial charge >= 0.3 is 5.97 Å². The summed E-state index contributed by atoms with van der Waals surface area (Å²) in [5, 5.41) is 0. The molecule has 25 heavy (non-hydrogen) atoms. The molecule has 0 aliphatic heterocycles. The van der Waals surface area contributed by atoms with E-state index >= 15 is 0 Å². The zero-order valence-corrected chi connectivity index (χ0v) is 15.9. The molecule has 5 nitrogen and oxygen atoms in total. The van der Waals surface area contributed by atoms with Crippen LogP contribution in [0.15, 0.2) is 30.4 Å². The summed E-state index contributed by atoms with van der Waals surface area (Å²) in [6.07, 6.45) is 0. The quantitative estimate of drug-likeness (QED) is 0.507. The molecule has 1 aromatic carbocycles. The van der Waals surface area contributed by atoms with Gasteiger partial charge < -0.3 is 14.4 Å². The predicted molar refractivity (Wildman–Crippen MR) is 98.8 cm³/mol. The van der Waals surface area contributed by atoms with E-state index in [0.29, 0.717) is 24.8 Å². The summed E-state index contributed by atoms with van der Waals surface area (Å²) in [6, 6.07) is 5.74. The number of nitrogens with zero attached hydrogens (tertiary/aromatic N) is 1. The van der Waals surface area contributed by atoms with Gasteiger partial charge in [0.2, 0.25) is 0 Å². The maximum atomic E-state index is 12.0. The van der Waals surface area contributed by atoms with Crippen molar-refractivity contribution >= 4 is 11.9 Å². The van der Waals surface area contributed by atoms with Crippen LogP contribution in [0.25, 0.3) is 0 Å². The van der Waals surface area contributed by atoms with Crippen LogP contribution in [-0.2, 0) is 14.3 Å². The van der Waals surface area contributed by atoms with Gasteiger partial charge in [-0.3, -0.25) is 4.79 Å². The lowest BCUT2D eigenvalue weighted by Gasteiger charge is -2.20. The zero-order valence-electron chi connectivity index (χ0n) is 15.9. The van der Waals surface area contributed by atoms with E-state index in [2.05, 4.69) is 20.4 Å². The van der Waals surface area contributed by atoms with Gasteiger partial charge in [0.05, 0.1) is 0 Å². The van der Waals surface area contributed by atoms with Crippen molar-refractivity contribution in [3.8, 4) is 5.75 Å². The summed E-state index contributed by atoms with van der Waals surface area (Å²) in [5.74, 6) is 0.245. The van der Waals surface area contributed by atoms with Crippen molar-refractivity contribution in [1.82, 2.24) is 4.90 Å². The Hall–Kier alpha value is -2.30. The van der Waals surface area contributed by atoms with E-state index < -0.39 is 5.97 Å². The fourth-order valence-corrected chi connectivity index (χ4v) is 2.51. The maximum absolute atomic E-state index is 12.0. The van der Waals surface area contributed by atoms with Gasteiger partial charge in [-0.05, 0) is 49.9 Å². The van der Waals surface area contributed by atoms with Crippen molar-refractivity contribution in [3.63, 3.8) is 0 Å². The number of likely N-dealkylation sites (N-methyl/N-ethyl adjacent to an activating group) is 1. The Balaban J connectivity index is 2.46. The normalized spacial score (nSPS) is 10.5. The van der Waals surface area contributed by atoms with Gasteiger partial charge in [-0.25, -0.2) is 4.79 Å². The molecule has 0 unspecified atom stereocenters. The topological polar surface area (TPSA) is 55.8 Å². The molecule has 0 saturated heterocycles. The SMILES string of the molecule is C=C(C)CN(CC)C(=O)COC(=O)COc1ccc(C(C)C)c(C)c1. The number of carbonyl (C=O) groups is 2. The first-order valence-electron chi connectivity index (χ1n) is 8.55. The van der Waals surface area contributed by atoms with Gasteiger partial charge in [0, 0.05) is 13.1 Å². The summed E-state index contributed by atoms with van der Waals surface area (Å²) >= 11 is 0. The molecule has 0 N–H and O–H groups in total. The molecule has 0 aromatic heterocycles. The summed E-state index contributed by atoms with van der Waals surface area (Å²) < 4.78 is 10.5. The van der Waals surface area contributed by atoms with E-state index in [1.54, 1.807) is 4.90 Å². The van der Waals surface area contributed by atoms with Crippen LogP contribution in [0, 0.1) is 6.92 Å². The lowest BCUT2D eigenvalue weighted by Crippen LogP contribution is -2.36. The Morgan fingerprint density at radius 3 is 2.44 bits per heavy atom. The average Bonchev–Trinajstić information content (AvgIpc) is 2.55. The Kier molecular flexibility index (Phi) is 8.19. The molecule has 138 valence electrons. The van der Waals surface area contributed by atoms with Gasteiger partial charge in [0.15, 0.2) is 13.2 Å². The van der Waals surface area contributed by atoms with E-state index in [1.165, 1.54) is 5.56 Å². The summed E-state index contributed by atoms with van der Waals surface area (Å²) in [7, 11) is 0. The van der Waals surface area contributed by atoms with Crippen molar-refractivity contribution in [2.75, 3.05) is 26.3 Å². The molecule has 0 fully saturated rings. The number of aryl methyl sites for hydroxylation is 1. The highest BCUT2D eigenvalue weighted by atomic mass is 16.6. The fourth-order valence-electron chi connectivity index (χ4n) is 2.51. The minimum atomic E-state index is -0.565. The zero-order chi connectivity index (χ0) is 19.0. The predicted octanol–water partition coefficient (Wildman–Crippen LogP) is 3.47. The highest BCUT2D eigenvalue weighted by Gasteiger charge is 2.14. The first-order chi connectivity index (χ1) is 11.7. The Morgan fingerprint density at radius 2 is 1.92 bits per heavy atom. The van der Waals surface area contributed by atoms with E-state index in [0.717, 1.165) is 11.1 Å². The van der Waals surface area contributed by atoms with Crippen molar-refractivity contribution in [3.05, 3.63) is 41.5 Å². The van der Waals surface area contributed by atoms with E-state index in [9.17, 15) is 9.59 Å². The molecule has 1 amide bonds. The van der Waals surface area contributed by atoms with Crippen LogP contribution in [0.3, 0.4) is 0 Å². The maximum Gasteiger partial charge on any atom is 0.344 e.